The van der Waals surface area contributed by atoms with E-state index in [1.54, 1.807) is 24.3 Å². The minimum atomic E-state index is -2.30. The fraction of sp³-hybridized carbons (Fsp3) is 0.176. The zero-order valence-electron chi connectivity index (χ0n) is 35.5. The summed E-state index contributed by atoms with van der Waals surface area (Å²) in [5, 5.41) is 11.3. The van der Waals surface area contributed by atoms with Crippen molar-refractivity contribution in [2.24, 2.45) is 0 Å². The molecule has 8 rings (SSSR count). The average molecular weight is 915 g/mol. The van der Waals surface area contributed by atoms with E-state index in [4.69, 9.17) is 14.1 Å². The summed E-state index contributed by atoms with van der Waals surface area (Å²) in [7, 11) is 0. The molecular formula is C51H46N3OPt-. The molecule has 8 aromatic rings. The van der Waals surface area contributed by atoms with Crippen LogP contribution in [0.4, 0.5) is 0 Å². The normalized spacial score (nSPS) is 12.8. The van der Waals surface area contributed by atoms with Crippen LogP contribution >= 0.6 is 0 Å². The standard InChI is InChI=1S/C51H46N3O.Pt/c1-33-20-25-45(43(28-33)35-14-9-8-10-15-35)54-46-18-13-17-41(48(46)53-49(54)42-16-11-12-19-47(42)55)37-29-38(31-40(30-37)51(5,6)7)44-32-36(26-27-52-44)34-21-23-39(24-22-34)50(2,3)4;/h8-28,30-32,55H,1-7H3;/q-1;/i1D3;. The second-order valence-corrected chi connectivity index (χ2v) is 16.3. The third-order valence-corrected chi connectivity index (χ3v) is 10.3. The van der Waals surface area contributed by atoms with Crippen molar-refractivity contribution in [2.45, 2.75) is 59.2 Å². The molecule has 0 fully saturated rings. The molecule has 0 spiro atoms. The number of benzene rings is 6. The van der Waals surface area contributed by atoms with Gasteiger partial charge in [0, 0.05) is 42.6 Å². The summed E-state index contributed by atoms with van der Waals surface area (Å²) in [5.74, 6) is 0.613. The van der Waals surface area contributed by atoms with Crippen LogP contribution in [0.2, 0.25) is 0 Å². The molecule has 282 valence electrons. The van der Waals surface area contributed by atoms with Crippen LogP contribution in [0, 0.1) is 12.9 Å². The van der Waals surface area contributed by atoms with E-state index in [-0.39, 0.29) is 43.2 Å². The molecule has 0 amide bonds. The Labute approximate surface area is 349 Å². The van der Waals surface area contributed by atoms with E-state index >= 15 is 0 Å². The number of para-hydroxylation sites is 2. The van der Waals surface area contributed by atoms with Gasteiger partial charge in [0.2, 0.25) is 0 Å². The maximum Gasteiger partial charge on any atom is 0.148 e. The molecule has 6 aromatic carbocycles. The van der Waals surface area contributed by atoms with Crippen molar-refractivity contribution in [1.82, 2.24) is 14.5 Å². The van der Waals surface area contributed by atoms with Gasteiger partial charge in [0.1, 0.15) is 11.6 Å². The third kappa shape index (κ3) is 7.51. The minimum Gasteiger partial charge on any atom is -0.507 e. The second-order valence-electron chi connectivity index (χ2n) is 16.3. The molecule has 0 radical (unpaired) electrons. The van der Waals surface area contributed by atoms with E-state index < -0.39 is 6.85 Å². The Morgan fingerprint density at radius 1 is 0.607 bits per heavy atom. The van der Waals surface area contributed by atoms with E-state index in [0.29, 0.717) is 16.9 Å². The monoisotopic (exact) mass is 914 g/mol. The average Bonchev–Trinajstić information content (AvgIpc) is 3.59. The molecule has 5 heteroatoms. The van der Waals surface area contributed by atoms with Crippen LogP contribution < -0.4 is 0 Å². The van der Waals surface area contributed by atoms with Crippen molar-refractivity contribution < 1.29 is 30.3 Å². The molecule has 0 saturated heterocycles. The molecule has 0 saturated carbocycles. The molecule has 56 heavy (non-hydrogen) atoms. The number of hydrogen-bond acceptors (Lipinski definition) is 3. The Kier molecular flexibility index (Phi) is 9.45. The van der Waals surface area contributed by atoms with E-state index in [1.165, 1.54) is 5.56 Å². The van der Waals surface area contributed by atoms with E-state index in [2.05, 4.69) is 96.1 Å². The Bertz CT molecular complexity index is 2800. The molecule has 0 aliphatic heterocycles. The number of aromatic nitrogens is 3. The summed E-state index contributed by atoms with van der Waals surface area (Å²) in [5.41, 5.74) is 12.5. The maximum absolute atomic E-state index is 11.3. The first kappa shape index (κ1) is 34.9. The SMILES string of the molecule is [2H]C([2H])([2H])c1ccc(-n2c(-c3ccccc3O)nc3c(-c4[c-]c(-c5cc(-c6ccc(C(C)(C)C)cc6)ccn5)cc(C(C)(C)C)c4)cccc32)c(-c2ccccc2)c1.[Pt]. The topological polar surface area (TPSA) is 50.9 Å². The number of phenols is 1. The molecule has 0 atom stereocenters. The number of rotatable bonds is 6. The number of fused-ring (bicyclic) bond motifs is 1. The summed E-state index contributed by atoms with van der Waals surface area (Å²) < 4.78 is 26.7. The van der Waals surface area contributed by atoms with Crippen LogP contribution in [0.1, 0.15) is 62.3 Å². The number of aryl methyl sites for hydroxylation is 1. The molecule has 0 unspecified atom stereocenters. The molecule has 4 nitrogen and oxygen atoms in total. The molecule has 0 bridgehead atoms. The quantitative estimate of drug-likeness (QED) is 0.169. The summed E-state index contributed by atoms with van der Waals surface area (Å²) in [6, 6.07) is 49.4. The number of aromatic hydroxyl groups is 1. The largest absolute Gasteiger partial charge is 0.507 e. The van der Waals surface area contributed by atoms with Gasteiger partial charge in [-0.25, -0.2) is 4.98 Å². The van der Waals surface area contributed by atoms with Crippen LogP contribution in [0.5, 0.6) is 5.75 Å². The summed E-state index contributed by atoms with van der Waals surface area (Å²) in [6.07, 6.45) is 1.86. The van der Waals surface area contributed by atoms with Crippen molar-refractivity contribution in [3.63, 3.8) is 0 Å². The molecular weight excluding hydrogens is 866 g/mol. The predicted octanol–water partition coefficient (Wildman–Crippen LogP) is 13.2. The maximum atomic E-state index is 11.3. The van der Waals surface area contributed by atoms with Crippen LogP contribution in [-0.2, 0) is 31.9 Å². The molecule has 0 aliphatic rings. The van der Waals surface area contributed by atoms with Crippen molar-refractivity contribution in [3.05, 3.63) is 168 Å². The number of phenolic OH excluding ortho intramolecular Hbond substituents is 1. The van der Waals surface area contributed by atoms with E-state index in [0.717, 1.165) is 61.4 Å². The van der Waals surface area contributed by atoms with Crippen LogP contribution in [0.25, 0.3) is 72.7 Å². The van der Waals surface area contributed by atoms with Gasteiger partial charge in [-0.1, -0.05) is 149 Å². The zero-order valence-corrected chi connectivity index (χ0v) is 34.7. The van der Waals surface area contributed by atoms with Crippen LogP contribution in [0.3, 0.4) is 0 Å². The number of imidazole rings is 1. The second kappa shape index (κ2) is 15.2. The van der Waals surface area contributed by atoms with Gasteiger partial charge >= 0.3 is 0 Å². The smallest absolute Gasteiger partial charge is 0.148 e. The van der Waals surface area contributed by atoms with Crippen molar-refractivity contribution >= 4 is 11.0 Å². The van der Waals surface area contributed by atoms with Crippen LogP contribution in [-0.4, -0.2) is 19.6 Å². The van der Waals surface area contributed by atoms with Gasteiger partial charge in [-0.3, -0.25) is 9.55 Å². The Balaban J connectivity index is 0.00000528. The van der Waals surface area contributed by atoms with Gasteiger partial charge in [0.05, 0.1) is 22.3 Å². The Morgan fingerprint density at radius 3 is 2.02 bits per heavy atom. The van der Waals surface area contributed by atoms with Gasteiger partial charge in [-0.05, 0) is 76.3 Å². The third-order valence-electron chi connectivity index (χ3n) is 10.3. The molecule has 2 heterocycles. The summed E-state index contributed by atoms with van der Waals surface area (Å²) in [4.78, 5) is 10.2. The molecule has 2 aromatic heterocycles. The van der Waals surface area contributed by atoms with Gasteiger partial charge in [0.25, 0.3) is 0 Å². The van der Waals surface area contributed by atoms with Crippen molar-refractivity contribution in [2.75, 3.05) is 0 Å². The van der Waals surface area contributed by atoms with Gasteiger partial charge in [-0.15, -0.1) is 29.3 Å². The number of pyridine rings is 1. The fourth-order valence-electron chi connectivity index (χ4n) is 7.19. The van der Waals surface area contributed by atoms with E-state index in [1.807, 2.05) is 77.5 Å². The fourth-order valence-corrected chi connectivity index (χ4v) is 7.19. The molecule has 1 N–H and O–H groups in total. The number of nitrogens with zero attached hydrogens (tertiary/aromatic N) is 3. The zero-order chi connectivity index (χ0) is 41.0. The predicted molar refractivity (Wildman–Crippen MR) is 229 cm³/mol. The minimum absolute atomic E-state index is 0. The Morgan fingerprint density at radius 2 is 1.30 bits per heavy atom. The summed E-state index contributed by atoms with van der Waals surface area (Å²) >= 11 is 0. The molecule has 0 aliphatic carbocycles. The first-order valence-electron chi connectivity index (χ1n) is 20.2. The van der Waals surface area contributed by atoms with Gasteiger partial charge in [0.15, 0.2) is 0 Å². The first-order chi connectivity index (χ1) is 27.6. The van der Waals surface area contributed by atoms with Gasteiger partial charge < -0.3 is 5.11 Å². The van der Waals surface area contributed by atoms with Crippen LogP contribution in [0.15, 0.2) is 146 Å². The van der Waals surface area contributed by atoms with Gasteiger partial charge in [-0.2, -0.15) is 0 Å². The van der Waals surface area contributed by atoms with Crippen molar-refractivity contribution in [3.8, 4) is 67.5 Å². The van der Waals surface area contributed by atoms with Crippen molar-refractivity contribution in [1.29, 1.82) is 0 Å². The first-order valence-corrected chi connectivity index (χ1v) is 18.7. The van der Waals surface area contributed by atoms with E-state index in [9.17, 15) is 5.11 Å². The number of hydrogen-bond donors (Lipinski definition) is 1. The summed E-state index contributed by atoms with van der Waals surface area (Å²) in [6.45, 7) is 11.0. The Hall–Kier alpha value is -5.57.